The SMILES string of the molecule is CC(C)(CCCCBr)c1ccc(C2CCCC(=O)C2)c(O)c1. The molecule has 22 heavy (non-hydrogen) atoms. The second-order valence-corrected chi connectivity index (χ2v) is 7.93. The maximum Gasteiger partial charge on any atom is 0.133 e. The number of aromatic hydroxyl groups is 1. The van der Waals surface area contributed by atoms with E-state index in [2.05, 4.69) is 35.8 Å². The molecule has 1 atom stereocenters. The number of hydrogen-bond donors (Lipinski definition) is 1. The van der Waals surface area contributed by atoms with Gasteiger partial charge in [0.15, 0.2) is 0 Å². The van der Waals surface area contributed by atoms with Crippen LogP contribution in [0.5, 0.6) is 5.75 Å². The Kier molecular flexibility index (Phi) is 6.08. The van der Waals surface area contributed by atoms with Gasteiger partial charge in [0.1, 0.15) is 11.5 Å². The molecule has 0 spiro atoms. The predicted octanol–water partition coefficient (Wildman–Crippen LogP) is 5.46. The molecular formula is C19H27BrO2. The highest BCUT2D eigenvalue weighted by Gasteiger charge is 2.25. The van der Waals surface area contributed by atoms with E-state index < -0.39 is 0 Å². The monoisotopic (exact) mass is 366 g/mol. The Bertz CT molecular complexity index is 522. The van der Waals surface area contributed by atoms with Gasteiger partial charge in [-0.05, 0) is 54.2 Å². The van der Waals surface area contributed by atoms with Crippen molar-refractivity contribution in [1.82, 2.24) is 0 Å². The first-order valence-corrected chi connectivity index (χ1v) is 9.47. The van der Waals surface area contributed by atoms with Gasteiger partial charge in [-0.25, -0.2) is 0 Å². The third-order valence-electron chi connectivity index (χ3n) is 4.92. The van der Waals surface area contributed by atoms with Gasteiger partial charge >= 0.3 is 0 Å². The summed E-state index contributed by atoms with van der Waals surface area (Å²) in [6.45, 7) is 4.47. The largest absolute Gasteiger partial charge is 0.508 e. The van der Waals surface area contributed by atoms with Crippen LogP contribution in [0, 0.1) is 0 Å². The van der Waals surface area contributed by atoms with Gasteiger partial charge in [0, 0.05) is 18.2 Å². The van der Waals surface area contributed by atoms with Crippen LogP contribution < -0.4 is 0 Å². The van der Waals surface area contributed by atoms with E-state index in [1.165, 1.54) is 18.4 Å². The van der Waals surface area contributed by atoms with E-state index in [1.807, 2.05) is 12.1 Å². The molecule has 0 heterocycles. The third-order valence-corrected chi connectivity index (χ3v) is 5.48. The lowest BCUT2D eigenvalue weighted by Crippen LogP contribution is -2.18. The van der Waals surface area contributed by atoms with Gasteiger partial charge in [0.2, 0.25) is 0 Å². The van der Waals surface area contributed by atoms with Gasteiger partial charge in [0.05, 0.1) is 0 Å². The molecule has 0 bridgehead atoms. The van der Waals surface area contributed by atoms with Gasteiger partial charge in [-0.1, -0.05) is 48.3 Å². The molecule has 1 aliphatic rings. The number of phenolic OH excluding ortho intramolecular Hbond substituents is 1. The van der Waals surface area contributed by atoms with Crippen molar-refractivity contribution >= 4 is 21.7 Å². The molecule has 122 valence electrons. The van der Waals surface area contributed by atoms with Gasteiger partial charge in [0.25, 0.3) is 0 Å². The summed E-state index contributed by atoms with van der Waals surface area (Å²) in [7, 11) is 0. The van der Waals surface area contributed by atoms with Crippen molar-refractivity contribution in [2.45, 2.75) is 70.1 Å². The lowest BCUT2D eigenvalue weighted by molar-refractivity contribution is -0.120. The molecule has 1 saturated carbocycles. The molecule has 0 radical (unpaired) electrons. The molecule has 1 fully saturated rings. The summed E-state index contributed by atoms with van der Waals surface area (Å²) in [5, 5.41) is 11.5. The Hall–Kier alpha value is -0.830. The van der Waals surface area contributed by atoms with E-state index in [0.29, 0.717) is 24.4 Å². The van der Waals surface area contributed by atoms with Gasteiger partial charge in [-0.2, -0.15) is 0 Å². The highest BCUT2D eigenvalue weighted by atomic mass is 79.9. The number of phenols is 1. The zero-order chi connectivity index (χ0) is 16.2. The van der Waals surface area contributed by atoms with Crippen LogP contribution in [-0.2, 0) is 10.2 Å². The average molecular weight is 367 g/mol. The molecule has 2 rings (SSSR count). The van der Waals surface area contributed by atoms with Crippen molar-refractivity contribution in [3.05, 3.63) is 29.3 Å². The summed E-state index contributed by atoms with van der Waals surface area (Å²) >= 11 is 3.48. The average Bonchev–Trinajstić information content (AvgIpc) is 2.47. The van der Waals surface area contributed by atoms with E-state index >= 15 is 0 Å². The fraction of sp³-hybridized carbons (Fsp3) is 0.632. The Balaban J connectivity index is 2.13. The van der Waals surface area contributed by atoms with Crippen molar-refractivity contribution in [3.8, 4) is 5.75 Å². The minimum absolute atomic E-state index is 0.0700. The van der Waals surface area contributed by atoms with E-state index in [0.717, 1.165) is 30.2 Å². The number of carbonyl (C=O) groups excluding carboxylic acids is 1. The molecular weight excluding hydrogens is 340 g/mol. The summed E-state index contributed by atoms with van der Waals surface area (Å²) in [5.74, 6) is 0.896. The Morgan fingerprint density at radius 3 is 2.73 bits per heavy atom. The van der Waals surface area contributed by atoms with Crippen LogP contribution in [0.2, 0.25) is 0 Å². The number of rotatable bonds is 6. The Labute approximate surface area is 142 Å². The minimum atomic E-state index is 0.0700. The highest BCUT2D eigenvalue weighted by molar-refractivity contribution is 9.09. The number of benzene rings is 1. The topological polar surface area (TPSA) is 37.3 Å². The molecule has 0 aliphatic heterocycles. The number of ketones is 1. The second-order valence-electron chi connectivity index (χ2n) is 7.14. The second kappa shape index (κ2) is 7.63. The third kappa shape index (κ3) is 4.34. The number of alkyl halides is 1. The number of unbranched alkanes of at least 4 members (excludes halogenated alkanes) is 1. The van der Waals surface area contributed by atoms with Crippen molar-refractivity contribution in [3.63, 3.8) is 0 Å². The number of carbonyl (C=O) groups is 1. The molecule has 1 unspecified atom stereocenters. The molecule has 0 saturated heterocycles. The molecule has 0 aromatic heterocycles. The minimum Gasteiger partial charge on any atom is -0.508 e. The molecule has 1 aromatic carbocycles. The molecule has 1 aromatic rings. The van der Waals surface area contributed by atoms with Gasteiger partial charge in [-0.15, -0.1) is 0 Å². The quantitative estimate of drug-likeness (QED) is 0.535. The van der Waals surface area contributed by atoms with Gasteiger partial charge in [-0.3, -0.25) is 4.79 Å². The number of hydrogen-bond acceptors (Lipinski definition) is 2. The Morgan fingerprint density at radius 2 is 2.09 bits per heavy atom. The maximum atomic E-state index is 11.6. The first-order valence-electron chi connectivity index (χ1n) is 8.35. The van der Waals surface area contributed by atoms with Crippen LogP contribution in [0.1, 0.15) is 75.8 Å². The first-order chi connectivity index (χ1) is 10.4. The fourth-order valence-electron chi connectivity index (χ4n) is 3.41. The van der Waals surface area contributed by atoms with Crippen LogP contribution in [0.3, 0.4) is 0 Å². The van der Waals surface area contributed by atoms with E-state index in [1.54, 1.807) is 0 Å². The predicted molar refractivity (Wildman–Crippen MR) is 95.0 cm³/mol. The smallest absolute Gasteiger partial charge is 0.133 e. The lowest BCUT2D eigenvalue weighted by atomic mass is 9.78. The van der Waals surface area contributed by atoms with Crippen molar-refractivity contribution < 1.29 is 9.90 Å². The highest BCUT2D eigenvalue weighted by Crippen LogP contribution is 2.39. The van der Waals surface area contributed by atoms with E-state index in [9.17, 15) is 9.90 Å². The van der Waals surface area contributed by atoms with Crippen LogP contribution in [-0.4, -0.2) is 16.2 Å². The van der Waals surface area contributed by atoms with Crippen molar-refractivity contribution in [2.24, 2.45) is 0 Å². The lowest BCUT2D eigenvalue weighted by Gasteiger charge is -2.27. The normalized spacial score (nSPS) is 19.4. The summed E-state index contributed by atoms with van der Waals surface area (Å²) in [6.07, 6.45) is 6.71. The van der Waals surface area contributed by atoms with E-state index in [-0.39, 0.29) is 11.3 Å². The molecule has 1 N–H and O–H groups in total. The number of halogens is 1. The van der Waals surface area contributed by atoms with Crippen LogP contribution >= 0.6 is 15.9 Å². The zero-order valence-electron chi connectivity index (χ0n) is 13.7. The first kappa shape index (κ1) is 17.5. The zero-order valence-corrected chi connectivity index (χ0v) is 15.3. The van der Waals surface area contributed by atoms with Crippen molar-refractivity contribution in [2.75, 3.05) is 5.33 Å². The Morgan fingerprint density at radius 1 is 1.32 bits per heavy atom. The number of Topliss-reactive ketones (excluding diaryl/α,β-unsaturated/α-hetero) is 1. The van der Waals surface area contributed by atoms with Crippen LogP contribution in [0.25, 0.3) is 0 Å². The molecule has 0 amide bonds. The van der Waals surface area contributed by atoms with Gasteiger partial charge < -0.3 is 5.11 Å². The molecule has 3 heteroatoms. The summed E-state index contributed by atoms with van der Waals surface area (Å²) in [6, 6.07) is 6.10. The molecule has 1 aliphatic carbocycles. The van der Waals surface area contributed by atoms with Crippen LogP contribution in [0.4, 0.5) is 0 Å². The summed E-state index contributed by atoms with van der Waals surface area (Å²) in [5.41, 5.74) is 2.21. The summed E-state index contributed by atoms with van der Waals surface area (Å²) < 4.78 is 0. The maximum absolute atomic E-state index is 11.6. The standard InChI is InChI=1S/C19H27BrO2/c1-19(2,10-3-4-11-20)15-8-9-17(18(22)13-15)14-6-5-7-16(21)12-14/h8-9,13-14,22H,3-7,10-12H2,1-2H3. The summed E-state index contributed by atoms with van der Waals surface area (Å²) in [4.78, 5) is 11.6. The fourth-order valence-corrected chi connectivity index (χ4v) is 3.80. The van der Waals surface area contributed by atoms with Crippen molar-refractivity contribution in [1.29, 1.82) is 0 Å². The molecule has 2 nitrogen and oxygen atoms in total. The van der Waals surface area contributed by atoms with E-state index in [4.69, 9.17) is 0 Å². The van der Waals surface area contributed by atoms with Crippen LogP contribution in [0.15, 0.2) is 18.2 Å².